The minimum atomic E-state index is -0.547. The molecule has 25 heavy (non-hydrogen) atoms. The van der Waals surface area contributed by atoms with Crippen LogP contribution < -0.4 is 5.43 Å². The number of halogens is 1. The highest BCUT2D eigenvalue weighted by molar-refractivity contribution is 6.30. The largest absolute Gasteiger partial charge is 0.272 e. The molecule has 0 atom stereocenters. The summed E-state index contributed by atoms with van der Waals surface area (Å²) in [5.74, 6) is -0.428. The van der Waals surface area contributed by atoms with E-state index in [2.05, 4.69) is 5.43 Å². The Morgan fingerprint density at radius 2 is 1.68 bits per heavy atom. The average Bonchev–Trinajstić information content (AvgIpc) is 2.51. The molecular weight excluding hydrogens is 336 g/mol. The summed E-state index contributed by atoms with van der Waals surface area (Å²) in [7, 11) is 0. The van der Waals surface area contributed by atoms with Crippen LogP contribution in [0, 0.1) is 0 Å². The van der Waals surface area contributed by atoms with Gasteiger partial charge in [0.15, 0.2) is 0 Å². The second kappa shape index (κ2) is 8.52. The van der Waals surface area contributed by atoms with E-state index in [1.54, 1.807) is 24.3 Å². The molecule has 1 aliphatic carbocycles. The van der Waals surface area contributed by atoms with E-state index in [1.807, 2.05) is 26.8 Å². The Balaban J connectivity index is 2.18. The van der Waals surface area contributed by atoms with Gasteiger partial charge in [0.05, 0.1) is 5.54 Å². The lowest BCUT2D eigenvalue weighted by Crippen LogP contribution is -2.56. The van der Waals surface area contributed by atoms with E-state index in [0.717, 1.165) is 37.7 Å². The number of allylic oxidation sites excluding steroid dienone is 1. The zero-order valence-electron chi connectivity index (χ0n) is 15.3. The first-order chi connectivity index (χ1) is 11.8. The molecule has 2 amide bonds. The number of nitrogens with zero attached hydrogens (tertiary/aromatic N) is 1. The van der Waals surface area contributed by atoms with Crippen molar-refractivity contribution in [2.45, 2.75) is 64.8 Å². The number of hydrogen-bond acceptors (Lipinski definition) is 2. The Labute approximate surface area is 155 Å². The summed E-state index contributed by atoms with van der Waals surface area (Å²) in [5, 5.41) is 1.99. The van der Waals surface area contributed by atoms with Crippen LogP contribution in [0.3, 0.4) is 0 Å². The van der Waals surface area contributed by atoms with Crippen molar-refractivity contribution >= 4 is 23.4 Å². The van der Waals surface area contributed by atoms with Gasteiger partial charge in [0, 0.05) is 16.2 Å². The van der Waals surface area contributed by atoms with Crippen molar-refractivity contribution in [3.8, 4) is 0 Å². The third-order valence-corrected chi connectivity index (χ3v) is 4.51. The molecule has 136 valence electrons. The lowest BCUT2D eigenvalue weighted by atomic mass is 9.99. The molecule has 0 saturated heterocycles. The Hall–Kier alpha value is -1.81. The van der Waals surface area contributed by atoms with E-state index in [4.69, 9.17) is 11.6 Å². The number of carbonyl (C=O) groups is 2. The molecule has 0 unspecified atom stereocenters. The molecule has 0 saturated carbocycles. The Bertz CT molecular complexity index is 645. The monoisotopic (exact) mass is 362 g/mol. The fourth-order valence-electron chi connectivity index (χ4n) is 2.82. The molecule has 0 spiro atoms. The third kappa shape index (κ3) is 5.60. The number of nitrogens with one attached hydrogen (secondary N) is 1. The Morgan fingerprint density at radius 3 is 2.32 bits per heavy atom. The molecule has 5 heteroatoms. The number of amides is 2. The van der Waals surface area contributed by atoms with Gasteiger partial charge in [0.25, 0.3) is 11.8 Å². The van der Waals surface area contributed by atoms with Gasteiger partial charge in [0.1, 0.15) is 0 Å². The maximum atomic E-state index is 12.9. The highest BCUT2D eigenvalue weighted by Gasteiger charge is 2.30. The van der Waals surface area contributed by atoms with E-state index >= 15 is 0 Å². The number of hydrogen-bond donors (Lipinski definition) is 1. The normalized spacial score (nSPS) is 15.6. The van der Waals surface area contributed by atoms with Gasteiger partial charge in [-0.2, -0.15) is 0 Å². The standard InChI is InChI=1S/C20H27ClN2O2/c1-20(2,3)23(19(25)16-11-13-17(21)14-12-16)22-18(24)15-9-7-5-4-6-8-10-15/h9,11-14H,4-8,10H2,1-3H3,(H,22,24). The molecule has 1 N–H and O–H groups in total. The first kappa shape index (κ1) is 19.5. The molecule has 0 aliphatic heterocycles. The predicted octanol–water partition coefficient (Wildman–Crippen LogP) is 4.89. The van der Waals surface area contributed by atoms with Crippen LogP contribution in [0.4, 0.5) is 0 Å². The van der Waals surface area contributed by atoms with E-state index in [0.29, 0.717) is 10.6 Å². The Morgan fingerprint density at radius 1 is 1.04 bits per heavy atom. The lowest BCUT2D eigenvalue weighted by Gasteiger charge is -2.36. The van der Waals surface area contributed by atoms with Gasteiger partial charge in [0.2, 0.25) is 0 Å². The minimum absolute atomic E-state index is 0.181. The first-order valence-corrected chi connectivity index (χ1v) is 9.27. The molecule has 2 rings (SSSR count). The zero-order valence-corrected chi connectivity index (χ0v) is 16.0. The summed E-state index contributed by atoms with van der Waals surface area (Å²) >= 11 is 5.90. The molecule has 1 aliphatic rings. The summed E-state index contributed by atoms with van der Waals surface area (Å²) in [5.41, 5.74) is 3.55. The molecule has 0 heterocycles. The zero-order chi connectivity index (χ0) is 18.4. The van der Waals surface area contributed by atoms with Crippen LogP contribution in [0.5, 0.6) is 0 Å². The van der Waals surface area contributed by atoms with Crippen LogP contribution >= 0.6 is 11.6 Å². The quantitative estimate of drug-likeness (QED) is 0.761. The molecule has 0 fully saturated rings. The van der Waals surface area contributed by atoms with Crippen molar-refractivity contribution in [1.82, 2.24) is 10.4 Å². The van der Waals surface area contributed by atoms with E-state index in [1.165, 1.54) is 11.4 Å². The van der Waals surface area contributed by atoms with Gasteiger partial charge in [-0.1, -0.05) is 30.5 Å². The summed E-state index contributed by atoms with van der Waals surface area (Å²) in [6.07, 6.45) is 8.19. The highest BCUT2D eigenvalue weighted by atomic mass is 35.5. The lowest BCUT2D eigenvalue weighted by molar-refractivity contribution is -0.123. The van der Waals surface area contributed by atoms with Gasteiger partial charge < -0.3 is 0 Å². The van der Waals surface area contributed by atoms with Gasteiger partial charge in [-0.3, -0.25) is 15.0 Å². The maximum Gasteiger partial charge on any atom is 0.272 e. The van der Waals surface area contributed by atoms with Gasteiger partial charge in [-0.25, -0.2) is 5.01 Å². The van der Waals surface area contributed by atoms with Crippen molar-refractivity contribution in [3.05, 3.63) is 46.5 Å². The third-order valence-electron chi connectivity index (χ3n) is 4.26. The summed E-state index contributed by atoms with van der Waals surface area (Å²) in [6.45, 7) is 5.69. The van der Waals surface area contributed by atoms with Gasteiger partial charge in [-0.15, -0.1) is 0 Å². The molecule has 4 nitrogen and oxygen atoms in total. The van der Waals surface area contributed by atoms with Crippen LogP contribution in [0.25, 0.3) is 0 Å². The van der Waals surface area contributed by atoms with Crippen LogP contribution in [0.15, 0.2) is 35.9 Å². The number of hydrazine groups is 1. The molecule has 0 radical (unpaired) electrons. The fourth-order valence-corrected chi connectivity index (χ4v) is 2.94. The van der Waals surface area contributed by atoms with Crippen LogP contribution in [0.2, 0.25) is 5.02 Å². The maximum absolute atomic E-state index is 12.9. The van der Waals surface area contributed by atoms with Crippen molar-refractivity contribution in [2.24, 2.45) is 0 Å². The van der Waals surface area contributed by atoms with E-state index < -0.39 is 5.54 Å². The van der Waals surface area contributed by atoms with E-state index in [9.17, 15) is 9.59 Å². The van der Waals surface area contributed by atoms with Crippen LogP contribution in [0.1, 0.15) is 69.7 Å². The predicted molar refractivity (Wildman–Crippen MR) is 101 cm³/mol. The molecule has 1 aromatic carbocycles. The number of rotatable bonds is 2. The SMILES string of the molecule is CC(C)(C)N(NC(=O)C1=CCCCCCC1)C(=O)c1ccc(Cl)cc1. The van der Waals surface area contributed by atoms with Crippen molar-refractivity contribution in [1.29, 1.82) is 0 Å². The number of benzene rings is 1. The number of carbonyl (C=O) groups excluding carboxylic acids is 2. The average molecular weight is 363 g/mol. The molecule has 0 aromatic heterocycles. The van der Waals surface area contributed by atoms with Crippen molar-refractivity contribution in [3.63, 3.8) is 0 Å². The molecule has 0 bridgehead atoms. The second-order valence-corrected chi connectivity index (χ2v) is 7.88. The smallest absolute Gasteiger partial charge is 0.268 e. The van der Waals surface area contributed by atoms with Crippen LogP contribution in [-0.2, 0) is 4.79 Å². The minimum Gasteiger partial charge on any atom is -0.268 e. The molecule has 1 aromatic rings. The first-order valence-electron chi connectivity index (χ1n) is 8.89. The summed E-state index contributed by atoms with van der Waals surface area (Å²) < 4.78 is 0. The second-order valence-electron chi connectivity index (χ2n) is 7.44. The fraction of sp³-hybridized carbons (Fsp3) is 0.500. The van der Waals surface area contributed by atoms with Gasteiger partial charge in [-0.05, 0) is 70.7 Å². The molecular formula is C20H27ClN2O2. The van der Waals surface area contributed by atoms with E-state index in [-0.39, 0.29) is 11.8 Å². The van der Waals surface area contributed by atoms with Crippen molar-refractivity contribution in [2.75, 3.05) is 0 Å². The summed E-state index contributed by atoms with van der Waals surface area (Å²) in [6, 6.07) is 6.69. The van der Waals surface area contributed by atoms with Crippen LogP contribution in [-0.4, -0.2) is 22.4 Å². The Kier molecular flexibility index (Phi) is 6.65. The highest BCUT2D eigenvalue weighted by Crippen LogP contribution is 2.20. The van der Waals surface area contributed by atoms with Crippen molar-refractivity contribution < 1.29 is 9.59 Å². The van der Waals surface area contributed by atoms with Gasteiger partial charge >= 0.3 is 0 Å². The topological polar surface area (TPSA) is 49.4 Å². The summed E-state index contributed by atoms with van der Waals surface area (Å²) in [4.78, 5) is 25.6.